The van der Waals surface area contributed by atoms with Crippen LogP contribution in [0.2, 0.25) is 0 Å². The SMILES string of the molecule is CCOC(=O)C1(NC(C)C)CCC(OCCCC(C)C)C1. The van der Waals surface area contributed by atoms with Gasteiger partial charge in [0.15, 0.2) is 0 Å². The number of nitrogens with one attached hydrogen (secondary N) is 1. The molecule has 0 bridgehead atoms. The van der Waals surface area contributed by atoms with E-state index in [9.17, 15) is 4.79 Å². The second-order valence-corrected chi connectivity index (χ2v) is 6.87. The van der Waals surface area contributed by atoms with Crippen molar-refractivity contribution in [3.63, 3.8) is 0 Å². The molecule has 0 aromatic carbocycles. The number of ether oxygens (including phenoxy) is 2. The third-order valence-electron chi connectivity index (χ3n) is 3.98. The topological polar surface area (TPSA) is 47.6 Å². The van der Waals surface area contributed by atoms with Gasteiger partial charge >= 0.3 is 5.97 Å². The van der Waals surface area contributed by atoms with Crippen LogP contribution in [0.15, 0.2) is 0 Å². The van der Waals surface area contributed by atoms with Gasteiger partial charge in [0.05, 0.1) is 12.7 Å². The summed E-state index contributed by atoms with van der Waals surface area (Å²) in [6.45, 7) is 11.7. The number of rotatable bonds is 9. The van der Waals surface area contributed by atoms with Gasteiger partial charge in [0.2, 0.25) is 0 Å². The predicted octanol–water partition coefficient (Wildman–Crippen LogP) is 3.29. The molecular weight excluding hydrogens is 266 g/mol. The summed E-state index contributed by atoms with van der Waals surface area (Å²) in [6.07, 6.45) is 4.93. The smallest absolute Gasteiger partial charge is 0.326 e. The van der Waals surface area contributed by atoms with Crippen molar-refractivity contribution in [3.8, 4) is 0 Å². The molecule has 1 aliphatic rings. The first-order valence-electron chi connectivity index (χ1n) is 8.46. The molecule has 124 valence electrons. The van der Waals surface area contributed by atoms with E-state index in [0.29, 0.717) is 6.61 Å². The van der Waals surface area contributed by atoms with Crippen LogP contribution >= 0.6 is 0 Å². The lowest BCUT2D eigenvalue weighted by molar-refractivity contribution is -0.151. The maximum atomic E-state index is 12.3. The van der Waals surface area contributed by atoms with Crippen LogP contribution in [0.3, 0.4) is 0 Å². The Morgan fingerprint density at radius 1 is 1.33 bits per heavy atom. The van der Waals surface area contributed by atoms with Gasteiger partial charge < -0.3 is 9.47 Å². The van der Waals surface area contributed by atoms with Crippen LogP contribution in [-0.2, 0) is 14.3 Å². The normalized spacial score (nSPS) is 25.8. The highest BCUT2D eigenvalue weighted by atomic mass is 16.5. The molecule has 0 aromatic rings. The molecule has 0 heterocycles. The molecule has 4 heteroatoms. The number of hydrogen-bond donors (Lipinski definition) is 1. The van der Waals surface area contributed by atoms with Gasteiger partial charge in [-0.15, -0.1) is 0 Å². The van der Waals surface area contributed by atoms with Gasteiger partial charge in [0, 0.05) is 19.1 Å². The second-order valence-electron chi connectivity index (χ2n) is 6.87. The van der Waals surface area contributed by atoms with Gasteiger partial charge in [-0.05, 0) is 52.4 Å². The number of hydrogen-bond acceptors (Lipinski definition) is 4. The molecule has 1 rings (SSSR count). The summed E-state index contributed by atoms with van der Waals surface area (Å²) in [5.74, 6) is 0.602. The zero-order chi connectivity index (χ0) is 15.9. The van der Waals surface area contributed by atoms with Crippen LogP contribution in [0.4, 0.5) is 0 Å². The highest BCUT2D eigenvalue weighted by molar-refractivity contribution is 5.81. The maximum absolute atomic E-state index is 12.3. The lowest BCUT2D eigenvalue weighted by Gasteiger charge is -2.30. The maximum Gasteiger partial charge on any atom is 0.326 e. The summed E-state index contributed by atoms with van der Waals surface area (Å²) in [5, 5.41) is 3.42. The average molecular weight is 299 g/mol. The molecule has 0 aliphatic heterocycles. The second kappa shape index (κ2) is 8.74. The Labute approximate surface area is 130 Å². The Bertz CT molecular complexity index is 317. The van der Waals surface area contributed by atoms with Crippen molar-refractivity contribution in [3.05, 3.63) is 0 Å². The van der Waals surface area contributed by atoms with Crippen molar-refractivity contribution >= 4 is 5.97 Å². The lowest BCUT2D eigenvalue weighted by atomic mass is 9.96. The number of carbonyl (C=O) groups excluding carboxylic acids is 1. The van der Waals surface area contributed by atoms with Crippen LogP contribution in [-0.4, -0.2) is 36.9 Å². The van der Waals surface area contributed by atoms with Crippen molar-refractivity contribution in [1.82, 2.24) is 5.32 Å². The Morgan fingerprint density at radius 3 is 2.62 bits per heavy atom. The molecule has 0 aromatic heterocycles. The Balaban J connectivity index is 2.49. The van der Waals surface area contributed by atoms with Crippen LogP contribution in [0, 0.1) is 5.92 Å². The van der Waals surface area contributed by atoms with Crippen LogP contribution < -0.4 is 5.32 Å². The standard InChI is InChI=1S/C17H33NO3/c1-6-20-16(19)17(18-14(4)5)10-9-15(12-17)21-11-7-8-13(2)3/h13-15,18H,6-12H2,1-5H3. The molecule has 0 saturated heterocycles. The van der Waals surface area contributed by atoms with Crippen LogP contribution in [0.1, 0.15) is 66.7 Å². The van der Waals surface area contributed by atoms with E-state index in [4.69, 9.17) is 9.47 Å². The number of carbonyl (C=O) groups is 1. The molecule has 1 fully saturated rings. The van der Waals surface area contributed by atoms with Crippen molar-refractivity contribution < 1.29 is 14.3 Å². The summed E-state index contributed by atoms with van der Waals surface area (Å²) in [7, 11) is 0. The van der Waals surface area contributed by atoms with E-state index in [1.807, 2.05) is 6.92 Å². The van der Waals surface area contributed by atoms with Gasteiger partial charge in [-0.25, -0.2) is 0 Å². The molecule has 1 aliphatic carbocycles. The zero-order valence-corrected chi connectivity index (χ0v) is 14.4. The fraction of sp³-hybridized carbons (Fsp3) is 0.941. The molecule has 2 unspecified atom stereocenters. The number of esters is 1. The van der Waals surface area contributed by atoms with Crippen molar-refractivity contribution in [1.29, 1.82) is 0 Å². The van der Waals surface area contributed by atoms with Gasteiger partial charge in [-0.1, -0.05) is 13.8 Å². The minimum Gasteiger partial charge on any atom is -0.465 e. The third kappa shape index (κ3) is 5.95. The van der Waals surface area contributed by atoms with Gasteiger partial charge in [0.1, 0.15) is 5.54 Å². The van der Waals surface area contributed by atoms with E-state index >= 15 is 0 Å². The molecule has 4 nitrogen and oxygen atoms in total. The van der Waals surface area contributed by atoms with E-state index in [1.165, 1.54) is 6.42 Å². The minimum absolute atomic E-state index is 0.119. The van der Waals surface area contributed by atoms with Crippen LogP contribution in [0.5, 0.6) is 0 Å². The highest BCUT2D eigenvalue weighted by Crippen LogP contribution is 2.34. The Morgan fingerprint density at radius 2 is 2.05 bits per heavy atom. The van der Waals surface area contributed by atoms with E-state index in [1.54, 1.807) is 0 Å². The predicted molar refractivity (Wildman–Crippen MR) is 85.3 cm³/mol. The van der Waals surface area contributed by atoms with Crippen molar-refractivity contribution in [2.45, 2.75) is 84.4 Å². The van der Waals surface area contributed by atoms with Gasteiger partial charge in [-0.2, -0.15) is 0 Å². The molecule has 2 atom stereocenters. The lowest BCUT2D eigenvalue weighted by Crippen LogP contribution is -2.54. The summed E-state index contributed by atoms with van der Waals surface area (Å²) < 4.78 is 11.2. The van der Waals surface area contributed by atoms with E-state index < -0.39 is 5.54 Å². The van der Waals surface area contributed by atoms with Crippen LogP contribution in [0.25, 0.3) is 0 Å². The summed E-state index contributed by atoms with van der Waals surface area (Å²) in [6, 6.07) is 0.258. The zero-order valence-electron chi connectivity index (χ0n) is 14.4. The minimum atomic E-state index is -0.549. The van der Waals surface area contributed by atoms with Gasteiger partial charge in [0.25, 0.3) is 0 Å². The fourth-order valence-corrected chi connectivity index (χ4v) is 3.08. The highest BCUT2D eigenvalue weighted by Gasteiger charge is 2.47. The first-order valence-corrected chi connectivity index (χ1v) is 8.46. The molecule has 0 amide bonds. The molecule has 21 heavy (non-hydrogen) atoms. The molecule has 0 radical (unpaired) electrons. The Kier molecular flexibility index (Phi) is 7.67. The Hall–Kier alpha value is -0.610. The van der Waals surface area contributed by atoms with E-state index in [-0.39, 0.29) is 18.1 Å². The average Bonchev–Trinajstić information content (AvgIpc) is 2.78. The third-order valence-corrected chi connectivity index (χ3v) is 3.98. The van der Waals surface area contributed by atoms with Crippen molar-refractivity contribution in [2.75, 3.05) is 13.2 Å². The molecular formula is C17H33NO3. The van der Waals surface area contributed by atoms with E-state index in [0.717, 1.165) is 38.2 Å². The first-order chi connectivity index (χ1) is 9.89. The van der Waals surface area contributed by atoms with E-state index in [2.05, 4.69) is 33.0 Å². The quantitative estimate of drug-likeness (QED) is 0.524. The summed E-state index contributed by atoms with van der Waals surface area (Å²) >= 11 is 0. The monoisotopic (exact) mass is 299 g/mol. The molecule has 1 saturated carbocycles. The molecule has 1 N–H and O–H groups in total. The summed E-state index contributed by atoms with van der Waals surface area (Å²) in [5.41, 5.74) is -0.549. The summed E-state index contributed by atoms with van der Waals surface area (Å²) in [4.78, 5) is 12.3. The fourth-order valence-electron chi connectivity index (χ4n) is 3.08. The molecule has 0 spiro atoms. The van der Waals surface area contributed by atoms with Gasteiger partial charge in [-0.3, -0.25) is 10.1 Å². The first kappa shape index (κ1) is 18.4. The van der Waals surface area contributed by atoms with Crippen molar-refractivity contribution in [2.24, 2.45) is 5.92 Å². The largest absolute Gasteiger partial charge is 0.465 e.